The Morgan fingerprint density at radius 2 is 2.18 bits per heavy atom. The molecule has 6 nitrogen and oxygen atoms in total. The zero-order chi connectivity index (χ0) is 15.8. The maximum absolute atomic E-state index is 11.5. The summed E-state index contributed by atoms with van der Waals surface area (Å²) < 4.78 is 4.98. The van der Waals surface area contributed by atoms with E-state index in [0.717, 1.165) is 11.3 Å². The number of hydrogen-bond donors (Lipinski definition) is 2. The van der Waals surface area contributed by atoms with Crippen LogP contribution in [0.4, 0.5) is 10.5 Å². The number of carbonyl (C=O) groups is 2. The van der Waals surface area contributed by atoms with Crippen LogP contribution >= 0.6 is 0 Å². The Kier molecular flexibility index (Phi) is 5.81. The SMILES string of the molecule is CCOCC(=O)NCC#Cc1ccc(N2CCNC2=O)cc1. The predicted molar refractivity (Wildman–Crippen MR) is 83.6 cm³/mol. The third-order valence-corrected chi connectivity index (χ3v) is 3.08. The van der Waals surface area contributed by atoms with Crippen molar-refractivity contribution in [2.45, 2.75) is 6.92 Å². The summed E-state index contributed by atoms with van der Waals surface area (Å²) in [6.07, 6.45) is 0. The summed E-state index contributed by atoms with van der Waals surface area (Å²) in [6, 6.07) is 7.37. The fourth-order valence-corrected chi connectivity index (χ4v) is 1.98. The van der Waals surface area contributed by atoms with E-state index >= 15 is 0 Å². The average Bonchev–Trinajstić information content (AvgIpc) is 2.96. The van der Waals surface area contributed by atoms with Gasteiger partial charge in [-0.05, 0) is 31.2 Å². The Morgan fingerprint density at radius 1 is 1.41 bits per heavy atom. The molecule has 0 spiro atoms. The van der Waals surface area contributed by atoms with Crippen LogP contribution in [0.25, 0.3) is 0 Å². The van der Waals surface area contributed by atoms with Crippen LogP contribution < -0.4 is 15.5 Å². The molecular formula is C16H19N3O3. The Bertz CT molecular complexity index is 587. The van der Waals surface area contributed by atoms with Crippen molar-refractivity contribution in [2.75, 3.05) is 37.7 Å². The van der Waals surface area contributed by atoms with E-state index in [4.69, 9.17) is 4.74 Å². The molecule has 6 heteroatoms. The molecule has 1 aliphatic rings. The van der Waals surface area contributed by atoms with Crippen molar-refractivity contribution in [3.05, 3.63) is 29.8 Å². The highest BCUT2D eigenvalue weighted by Crippen LogP contribution is 2.16. The molecule has 0 bridgehead atoms. The van der Waals surface area contributed by atoms with E-state index in [1.165, 1.54) is 0 Å². The molecule has 3 amide bonds. The fourth-order valence-electron chi connectivity index (χ4n) is 1.98. The number of nitrogens with one attached hydrogen (secondary N) is 2. The Balaban J connectivity index is 1.83. The molecule has 0 aliphatic carbocycles. The average molecular weight is 301 g/mol. The normalized spacial score (nSPS) is 13.3. The fraction of sp³-hybridized carbons (Fsp3) is 0.375. The minimum absolute atomic E-state index is 0.0603. The molecule has 116 valence electrons. The van der Waals surface area contributed by atoms with Crippen molar-refractivity contribution in [2.24, 2.45) is 0 Å². The first kappa shape index (κ1) is 15.9. The van der Waals surface area contributed by atoms with Crippen molar-refractivity contribution in [3.8, 4) is 11.8 Å². The van der Waals surface area contributed by atoms with E-state index in [1.54, 1.807) is 4.90 Å². The number of hydrogen-bond acceptors (Lipinski definition) is 3. The smallest absolute Gasteiger partial charge is 0.321 e. The maximum Gasteiger partial charge on any atom is 0.321 e. The highest BCUT2D eigenvalue weighted by atomic mass is 16.5. The topological polar surface area (TPSA) is 70.7 Å². The summed E-state index contributed by atoms with van der Waals surface area (Å²) in [5, 5.41) is 5.41. The lowest BCUT2D eigenvalue weighted by Gasteiger charge is -2.13. The maximum atomic E-state index is 11.5. The van der Waals surface area contributed by atoms with E-state index in [9.17, 15) is 9.59 Å². The minimum atomic E-state index is -0.174. The number of carbonyl (C=O) groups excluding carboxylic acids is 2. The van der Waals surface area contributed by atoms with Crippen LogP contribution in [0.15, 0.2) is 24.3 Å². The van der Waals surface area contributed by atoms with Gasteiger partial charge in [0.05, 0.1) is 6.54 Å². The van der Waals surface area contributed by atoms with Gasteiger partial charge >= 0.3 is 6.03 Å². The number of urea groups is 1. The van der Waals surface area contributed by atoms with Crippen molar-refractivity contribution >= 4 is 17.6 Å². The van der Waals surface area contributed by atoms with Crippen LogP contribution in [-0.2, 0) is 9.53 Å². The number of nitrogens with zero attached hydrogens (tertiary/aromatic N) is 1. The quantitative estimate of drug-likeness (QED) is 0.787. The molecule has 0 aromatic heterocycles. The minimum Gasteiger partial charge on any atom is -0.372 e. The second-order valence-electron chi connectivity index (χ2n) is 4.65. The number of benzene rings is 1. The van der Waals surface area contributed by atoms with Gasteiger partial charge in [0.2, 0.25) is 5.91 Å². The summed E-state index contributed by atoms with van der Waals surface area (Å²) in [4.78, 5) is 24.5. The van der Waals surface area contributed by atoms with Crippen molar-refractivity contribution < 1.29 is 14.3 Å². The molecule has 1 fully saturated rings. The Hall–Kier alpha value is -2.52. The summed E-state index contributed by atoms with van der Waals surface area (Å²) >= 11 is 0. The predicted octanol–water partition coefficient (Wildman–Crippen LogP) is 0.720. The molecule has 0 saturated carbocycles. The lowest BCUT2D eigenvalue weighted by Crippen LogP contribution is -2.27. The molecule has 0 unspecified atom stereocenters. The Labute approximate surface area is 129 Å². The molecule has 1 aromatic rings. The first-order valence-corrected chi connectivity index (χ1v) is 7.19. The molecule has 2 rings (SSSR count). The monoisotopic (exact) mass is 301 g/mol. The molecular weight excluding hydrogens is 282 g/mol. The van der Waals surface area contributed by atoms with Crippen LogP contribution in [0, 0.1) is 11.8 Å². The van der Waals surface area contributed by atoms with Gasteiger partial charge in [-0.15, -0.1) is 0 Å². The van der Waals surface area contributed by atoms with E-state index in [-0.39, 0.29) is 25.1 Å². The summed E-state index contributed by atoms with van der Waals surface area (Å²) in [6.45, 7) is 4.04. The van der Waals surface area contributed by atoms with E-state index in [2.05, 4.69) is 22.5 Å². The third-order valence-electron chi connectivity index (χ3n) is 3.08. The second kappa shape index (κ2) is 8.05. The molecule has 1 aliphatic heterocycles. The first-order valence-electron chi connectivity index (χ1n) is 7.19. The summed E-state index contributed by atoms with van der Waals surface area (Å²) in [7, 11) is 0. The molecule has 22 heavy (non-hydrogen) atoms. The molecule has 1 heterocycles. The van der Waals surface area contributed by atoms with E-state index in [1.807, 2.05) is 31.2 Å². The second-order valence-corrected chi connectivity index (χ2v) is 4.65. The molecule has 0 radical (unpaired) electrons. The van der Waals surface area contributed by atoms with Crippen LogP contribution in [0.5, 0.6) is 0 Å². The van der Waals surface area contributed by atoms with Gasteiger partial charge < -0.3 is 15.4 Å². The number of amides is 3. The standard InChI is InChI=1S/C16H19N3O3/c1-2-22-12-15(20)17-9-3-4-13-5-7-14(8-6-13)19-11-10-18-16(19)21/h5-8H,2,9-12H2,1H3,(H,17,20)(H,18,21). The lowest BCUT2D eigenvalue weighted by atomic mass is 10.2. The highest BCUT2D eigenvalue weighted by molar-refractivity contribution is 5.94. The Morgan fingerprint density at radius 3 is 2.82 bits per heavy atom. The van der Waals surface area contributed by atoms with Crippen LogP contribution in [0.1, 0.15) is 12.5 Å². The van der Waals surface area contributed by atoms with Crippen molar-refractivity contribution in [1.29, 1.82) is 0 Å². The number of anilines is 1. The van der Waals surface area contributed by atoms with Crippen LogP contribution in [0.3, 0.4) is 0 Å². The molecule has 0 atom stereocenters. The number of rotatable bonds is 5. The van der Waals surface area contributed by atoms with Gasteiger partial charge in [0.1, 0.15) is 6.61 Å². The van der Waals surface area contributed by atoms with Gasteiger partial charge in [-0.25, -0.2) is 4.79 Å². The molecule has 1 aromatic carbocycles. The van der Waals surface area contributed by atoms with Crippen molar-refractivity contribution in [1.82, 2.24) is 10.6 Å². The highest BCUT2D eigenvalue weighted by Gasteiger charge is 2.20. The van der Waals surface area contributed by atoms with Gasteiger partial charge in [0.15, 0.2) is 0 Å². The van der Waals surface area contributed by atoms with E-state index < -0.39 is 0 Å². The van der Waals surface area contributed by atoms with Crippen molar-refractivity contribution in [3.63, 3.8) is 0 Å². The zero-order valence-corrected chi connectivity index (χ0v) is 12.5. The lowest BCUT2D eigenvalue weighted by molar-refractivity contribution is -0.125. The zero-order valence-electron chi connectivity index (χ0n) is 12.5. The van der Waals surface area contributed by atoms with Gasteiger partial charge in [0, 0.05) is 30.9 Å². The van der Waals surface area contributed by atoms with Gasteiger partial charge in [-0.3, -0.25) is 9.69 Å². The van der Waals surface area contributed by atoms with Gasteiger partial charge in [-0.1, -0.05) is 11.8 Å². The van der Waals surface area contributed by atoms with Gasteiger partial charge in [-0.2, -0.15) is 0 Å². The third kappa shape index (κ3) is 4.50. The van der Waals surface area contributed by atoms with Crippen LogP contribution in [0.2, 0.25) is 0 Å². The largest absolute Gasteiger partial charge is 0.372 e. The molecule has 1 saturated heterocycles. The molecule has 2 N–H and O–H groups in total. The van der Waals surface area contributed by atoms with E-state index in [0.29, 0.717) is 19.7 Å². The summed E-state index contributed by atoms with van der Waals surface area (Å²) in [5.41, 5.74) is 1.69. The van der Waals surface area contributed by atoms with Gasteiger partial charge in [0.25, 0.3) is 0 Å². The van der Waals surface area contributed by atoms with Crippen LogP contribution in [-0.4, -0.2) is 44.8 Å². The summed E-state index contributed by atoms with van der Waals surface area (Å²) in [5.74, 6) is 5.66. The first-order chi connectivity index (χ1) is 10.7. The number of ether oxygens (including phenoxy) is 1.